The summed E-state index contributed by atoms with van der Waals surface area (Å²) >= 11 is 0. The van der Waals surface area contributed by atoms with Crippen LogP contribution in [0.3, 0.4) is 0 Å². The highest BCUT2D eigenvalue weighted by molar-refractivity contribution is 5.94. The van der Waals surface area contributed by atoms with Crippen molar-refractivity contribution in [3.05, 3.63) is 29.6 Å². The molecule has 0 bridgehead atoms. The van der Waals surface area contributed by atoms with E-state index in [0.717, 1.165) is 5.56 Å². The molecule has 0 unspecified atom stereocenters. The molecule has 2 rings (SSSR count). The highest BCUT2D eigenvalue weighted by Gasteiger charge is 2.33. The summed E-state index contributed by atoms with van der Waals surface area (Å²) in [6, 6.07) is 1.79. The van der Waals surface area contributed by atoms with Crippen LogP contribution in [-0.2, 0) is 4.74 Å². The Hall–Kier alpha value is -1.50. The minimum absolute atomic E-state index is 0.124. The van der Waals surface area contributed by atoms with Crippen LogP contribution >= 0.6 is 0 Å². The highest BCUT2D eigenvalue weighted by atomic mass is 16.5. The lowest BCUT2D eigenvalue weighted by molar-refractivity contribution is -0.123. The van der Waals surface area contributed by atoms with Gasteiger partial charge in [-0.05, 0) is 25.5 Å². The molecule has 6 nitrogen and oxygen atoms in total. The molecule has 0 aliphatic carbocycles. The number of aromatic nitrogens is 1. The molecule has 1 fully saturated rings. The van der Waals surface area contributed by atoms with Crippen LogP contribution in [0, 0.1) is 12.8 Å². The summed E-state index contributed by atoms with van der Waals surface area (Å²) < 4.78 is 5.25. The maximum Gasteiger partial charge on any atom is 0.255 e. The van der Waals surface area contributed by atoms with Crippen molar-refractivity contribution in [3.63, 3.8) is 0 Å². The van der Waals surface area contributed by atoms with E-state index in [-0.39, 0.29) is 18.4 Å². The lowest BCUT2D eigenvalue weighted by atomic mass is 9.95. The Balaban J connectivity index is 2.07. The van der Waals surface area contributed by atoms with Crippen LogP contribution < -0.4 is 0 Å². The average molecular weight is 294 g/mol. The summed E-state index contributed by atoms with van der Waals surface area (Å²) in [5.74, 6) is -0.406. The molecule has 21 heavy (non-hydrogen) atoms. The maximum atomic E-state index is 12.5. The average Bonchev–Trinajstić information content (AvgIpc) is 2.48. The molecule has 1 aromatic rings. The Kier molecular flexibility index (Phi) is 5.27. The van der Waals surface area contributed by atoms with Gasteiger partial charge >= 0.3 is 0 Å². The molecule has 1 aliphatic rings. The predicted molar refractivity (Wildman–Crippen MR) is 76.9 cm³/mol. The number of hydrogen-bond donors (Lipinski definition) is 2. The van der Waals surface area contributed by atoms with Gasteiger partial charge < -0.3 is 19.8 Å². The van der Waals surface area contributed by atoms with E-state index < -0.39 is 12.2 Å². The first-order valence-electron chi connectivity index (χ1n) is 7.17. The fourth-order valence-electron chi connectivity index (χ4n) is 2.51. The van der Waals surface area contributed by atoms with E-state index >= 15 is 0 Å². The van der Waals surface area contributed by atoms with Crippen molar-refractivity contribution >= 4 is 5.91 Å². The van der Waals surface area contributed by atoms with Crippen molar-refractivity contribution in [2.75, 3.05) is 26.3 Å². The van der Waals surface area contributed by atoms with Gasteiger partial charge in [-0.15, -0.1) is 0 Å². The molecular formula is C15H22N2O4. The number of aryl methyl sites for hydroxylation is 1. The third-order valence-electron chi connectivity index (χ3n) is 3.74. The zero-order valence-electron chi connectivity index (χ0n) is 12.4. The number of pyridine rings is 1. The fourth-order valence-corrected chi connectivity index (χ4v) is 2.51. The fraction of sp³-hybridized carbons (Fsp3) is 0.600. The van der Waals surface area contributed by atoms with Gasteiger partial charge in [0, 0.05) is 31.4 Å². The quantitative estimate of drug-likeness (QED) is 0.830. The Bertz CT molecular complexity index is 494. The van der Waals surface area contributed by atoms with Gasteiger partial charge in [0.15, 0.2) is 0 Å². The van der Waals surface area contributed by atoms with E-state index in [1.54, 1.807) is 23.4 Å². The number of carbonyl (C=O) groups is 1. The second-order valence-electron chi connectivity index (χ2n) is 5.45. The number of amides is 1. The summed E-state index contributed by atoms with van der Waals surface area (Å²) in [5, 5.41) is 19.6. The third-order valence-corrected chi connectivity index (χ3v) is 3.74. The summed E-state index contributed by atoms with van der Waals surface area (Å²) in [7, 11) is 0. The van der Waals surface area contributed by atoms with Crippen molar-refractivity contribution < 1.29 is 19.7 Å². The molecule has 0 radical (unpaired) electrons. The first-order valence-corrected chi connectivity index (χ1v) is 7.17. The van der Waals surface area contributed by atoms with Gasteiger partial charge in [-0.25, -0.2) is 0 Å². The van der Waals surface area contributed by atoms with Gasteiger partial charge in [0.05, 0.1) is 24.9 Å². The lowest BCUT2D eigenvalue weighted by Crippen LogP contribution is -2.49. The zero-order chi connectivity index (χ0) is 15.4. The highest BCUT2D eigenvalue weighted by Crippen LogP contribution is 2.18. The molecule has 2 heterocycles. The van der Waals surface area contributed by atoms with Crippen LogP contribution in [-0.4, -0.2) is 64.5 Å². The number of hydrogen-bond acceptors (Lipinski definition) is 5. The molecule has 116 valence electrons. The van der Waals surface area contributed by atoms with Gasteiger partial charge in [-0.1, -0.05) is 0 Å². The molecule has 0 spiro atoms. The Morgan fingerprint density at radius 3 is 2.86 bits per heavy atom. The van der Waals surface area contributed by atoms with Crippen molar-refractivity contribution in [3.8, 4) is 0 Å². The van der Waals surface area contributed by atoms with Gasteiger partial charge in [-0.2, -0.15) is 0 Å². The summed E-state index contributed by atoms with van der Waals surface area (Å²) in [6.07, 6.45) is 1.48. The second-order valence-corrected chi connectivity index (χ2v) is 5.45. The number of nitrogens with zero attached hydrogens (tertiary/aromatic N) is 2. The molecule has 1 aromatic heterocycles. The molecule has 0 aromatic carbocycles. The van der Waals surface area contributed by atoms with Crippen molar-refractivity contribution in [2.45, 2.75) is 26.1 Å². The van der Waals surface area contributed by atoms with E-state index in [1.165, 1.54) is 0 Å². The van der Waals surface area contributed by atoms with E-state index in [9.17, 15) is 15.0 Å². The van der Waals surface area contributed by atoms with E-state index in [4.69, 9.17) is 4.74 Å². The normalized spacial score (nSPS) is 25.6. The molecular weight excluding hydrogens is 272 g/mol. The molecule has 2 N–H and O–H groups in total. The molecule has 1 saturated heterocycles. The first kappa shape index (κ1) is 15.9. The van der Waals surface area contributed by atoms with Gasteiger partial charge in [0.1, 0.15) is 6.10 Å². The maximum absolute atomic E-state index is 12.5. The van der Waals surface area contributed by atoms with Crippen molar-refractivity contribution in [2.24, 2.45) is 5.92 Å². The first-order chi connectivity index (χ1) is 10.0. The summed E-state index contributed by atoms with van der Waals surface area (Å²) in [6.45, 7) is 5.12. The van der Waals surface area contributed by atoms with Crippen LogP contribution in [0.4, 0.5) is 0 Å². The minimum atomic E-state index is -0.891. The molecule has 6 heteroatoms. The Labute approximate surface area is 124 Å². The van der Waals surface area contributed by atoms with Gasteiger partial charge in [0.2, 0.25) is 0 Å². The van der Waals surface area contributed by atoms with Crippen LogP contribution in [0.2, 0.25) is 0 Å². The van der Waals surface area contributed by atoms with Crippen molar-refractivity contribution in [1.29, 1.82) is 0 Å². The number of ether oxygens (including phenoxy) is 1. The van der Waals surface area contributed by atoms with Crippen LogP contribution in [0.15, 0.2) is 18.5 Å². The topological polar surface area (TPSA) is 82.9 Å². The molecule has 0 saturated carbocycles. The second kappa shape index (κ2) is 6.98. The van der Waals surface area contributed by atoms with E-state index in [2.05, 4.69) is 4.98 Å². The lowest BCUT2D eigenvalue weighted by Gasteiger charge is -2.35. The summed E-state index contributed by atoms with van der Waals surface area (Å²) in [4.78, 5) is 18.2. The Morgan fingerprint density at radius 1 is 1.43 bits per heavy atom. The number of carbonyl (C=O) groups excluding carboxylic acids is 1. The Morgan fingerprint density at radius 2 is 2.19 bits per heavy atom. The smallest absolute Gasteiger partial charge is 0.255 e. The van der Waals surface area contributed by atoms with Crippen LogP contribution in [0.1, 0.15) is 22.8 Å². The summed E-state index contributed by atoms with van der Waals surface area (Å²) in [5.41, 5.74) is 1.46. The number of rotatable bonds is 4. The number of aliphatic hydroxyl groups excluding tert-OH is 2. The zero-order valence-corrected chi connectivity index (χ0v) is 12.4. The number of aliphatic hydroxyl groups is 2. The van der Waals surface area contributed by atoms with Crippen LogP contribution in [0.5, 0.6) is 0 Å². The molecule has 1 aliphatic heterocycles. The largest absolute Gasteiger partial charge is 0.390 e. The van der Waals surface area contributed by atoms with Gasteiger partial charge in [-0.3, -0.25) is 9.78 Å². The van der Waals surface area contributed by atoms with Crippen molar-refractivity contribution in [1.82, 2.24) is 9.88 Å². The molecule has 1 amide bonds. The standard InChI is InChI=1S/C15H22N2O4/c1-3-17(7-12-8-21-9-13(18)14(12)19)15(20)11-4-10(2)5-16-6-11/h4-6,12-14,18-19H,3,7-9H2,1-2H3/t12-,13-,14+/m1/s1. The van der Waals surface area contributed by atoms with E-state index in [1.807, 2.05) is 13.8 Å². The predicted octanol–water partition coefficient (Wildman–Crippen LogP) is 0.220. The minimum Gasteiger partial charge on any atom is -0.390 e. The SMILES string of the molecule is CCN(C[C@@H]1COC[C@@H](O)[C@H]1O)C(=O)c1cncc(C)c1. The van der Waals surface area contributed by atoms with Crippen LogP contribution in [0.25, 0.3) is 0 Å². The van der Waals surface area contributed by atoms with E-state index in [0.29, 0.717) is 25.3 Å². The monoisotopic (exact) mass is 294 g/mol. The third kappa shape index (κ3) is 3.78. The van der Waals surface area contributed by atoms with Gasteiger partial charge in [0.25, 0.3) is 5.91 Å². The molecule has 3 atom stereocenters.